The van der Waals surface area contributed by atoms with E-state index in [1.54, 1.807) is 0 Å². The van der Waals surface area contributed by atoms with Gasteiger partial charge in [-0.25, -0.2) is 0 Å². The molecule has 0 spiro atoms. The zero-order valence-corrected chi connectivity index (χ0v) is 31.5. The molecule has 0 rings (SSSR count). The van der Waals surface area contributed by atoms with Crippen molar-refractivity contribution in [1.29, 1.82) is 0 Å². The molecule has 48 heavy (non-hydrogen) atoms. The van der Waals surface area contributed by atoms with E-state index in [9.17, 15) is 14.7 Å². The SMILES string of the molecule is CCCCC/C=C\C/C=C\C/C=C\CCCCC(=O)OC[C@H](O)COC(=O)CCCCCCCCCCC/C=C\CCCCCCCC. The van der Waals surface area contributed by atoms with Gasteiger partial charge < -0.3 is 14.6 Å². The molecular weight excluding hydrogens is 596 g/mol. The first-order valence-corrected chi connectivity index (χ1v) is 20.2. The number of esters is 2. The summed E-state index contributed by atoms with van der Waals surface area (Å²) in [6, 6.07) is 0. The van der Waals surface area contributed by atoms with Gasteiger partial charge in [-0.3, -0.25) is 9.59 Å². The van der Waals surface area contributed by atoms with Crippen LogP contribution in [0.4, 0.5) is 0 Å². The molecule has 0 saturated carbocycles. The maximum Gasteiger partial charge on any atom is 0.305 e. The van der Waals surface area contributed by atoms with E-state index in [1.807, 2.05) is 0 Å². The largest absolute Gasteiger partial charge is 0.463 e. The molecule has 0 aromatic heterocycles. The second-order valence-corrected chi connectivity index (χ2v) is 13.4. The predicted molar refractivity (Wildman–Crippen MR) is 205 cm³/mol. The second kappa shape index (κ2) is 39.3. The normalized spacial score (nSPS) is 12.6. The topological polar surface area (TPSA) is 72.8 Å². The highest BCUT2D eigenvalue weighted by atomic mass is 16.6. The Morgan fingerprint density at radius 2 is 0.729 bits per heavy atom. The monoisotopic (exact) mass is 673 g/mol. The van der Waals surface area contributed by atoms with E-state index in [0.29, 0.717) is 12.8 Å². The van der Waals surface area contributed by atoms with Crippen molar-refractivity contribution >= 4 is 11.9 Å². The summed E-state index contributed by atoms with van der Waals surface area (Å²) in [7, 11) is 0. The quantitative estimate of drug-likeness (QED) is 0.0407. The number of carbonyl (C=O) groups excluding carboxylic acids is 2. The van der Waals surface area contributed by atoms with Gasteiger partial charge in [-0.1, -0.05) is 152 Å². The highest BCUT2D eigenvalue weighted by molar-refractivity contribution is 5.69. The minimum Gasteiger partial charge on any atom is -0.463 e. The van der Waals surface area contributed by atoms with Crippen LogP contribution in [0, 0.1) is 0 Å². The van der Waals surface area contributed by atoms with Crippen molar-refractivity contribution in [3.05, 3.63) is 48.6 Å². The van der Waals surface area contributed by atoms with Crippen LogP contribution < -0.4 is 0 Å². The van der Waals surface area contributed by atoms with E-state index < -0.39 is 6.10 Å². The number of ether oxygens (including phenoxy) is 2. The maximum absolute atomic E-state index is 12.0. The van der Waals surface area contributed by atoms with Crippen LogP contribution in [0.25, 0.3) is 0 Å². The number of carbonyl (C=O) groups is 2. The van der Waals surface area contributed by atoms with E-state index in [0.717, 1.165) is 51.4 Å². The lowest BCUT2D eigenvalue weighted by molar-refractivity contribution is -0.152. The van der Waals surface area contributed by atoms with Gasteiger partial charge in [0.05, 0.1) is 0 Å². The molecule has 1 atom stereocenters. The number of unbranched alkanes of at least 4 members (excludes halogenated alkanes) is 20. The average Bonchev–Trinajstić information content (AvgIpc) is 3.09. The minimum atomic E-state index is -0.980. The van der Waals surface area contributed by atoms with Crippen LogP contribution in [0.2, 0.25) is 0 Å². The molecule has 0 unspecified atom stereocenters. The summed E-state index contributed by atoms with van der Waals surface area (Å²) in [6.07, 6.45) is 48.8. The molecule has 0 aromatic rings. The molecule has 0 aliphatic carbocycles. The molecule has 0 fully saturated rings. The predicted octanol–water partition coefficient (Wildman–Crippen LogP) is 12.6. The first-order chi connectivity index (χ1) is 23.6. The second-order valence-electron chi connectivity index (χ2n) is 13.4. The summed E-state index contributed by atoms with van der Waals surface area (Å²) in [6.45, 7) is 4.23. The molecule has 278 valence electrons. The van der Waals surface area contributed by atoms with Crippen LogP contribution in [0.5, 0.6) is 0 Å². The van der Waals surface area contributed by atoms with Gasteiger partial charge in [0.15, 0.2) is 0 Å². The van der Waals surface area contributed by atoms with Crippen LogP contribution in [0.3, 0.4) is 0 Å². The first-order valence-electron chi connectivity index (χ1n) is 20.2. The summed E-state index contributed by atoms with van der Waals surface area (Å²) in [5.74, 6) is -0.610. The van der Waals surface area contributed by atoms with Gasteiger partial charge in [-0.15, -0.1) is 0 Å². The molecule has 5 heteroatoms. The van der Waals surface area contributed by atoms with Crippen molar-refractivity contribution in [1.82, 2.24) is 0 Å². The Morgan fingerprint density at radius 1 is 0.438 bits per heavy atom. The minimum absolute atomic E-state index is 0.129. The van der Waals surface area contributed by atoms with Crippen LogP contribution in [-0.2, 0) is 19.1 Å². The molecule has 5 nitrogen and oxygen atoms in total. The third-order valence-corrected chi connectivity index (χ3v) is 8.54. The van der Waals surface area contributed by atoms with Crippen molar-refractivity contribution in [2.24, 2.45) is 0 Å². The third-order valence-electron chi connectivity index (χ3n) is 8.54. The number of hydrogen-bond acceptors (Lipinski definition) is 5. The van der Waals surface area contributed by atoms with E-state index in [4.69, 9.17) is 9.47 Å². The lowest BCUT2D eigenvalue weighted by Gasteiger charge is -2.12. The Balaban J connectivity index is 3.48. The summed E-state index contributed by atoms with van der Waals surface area (Å²) >= 11 is 0. The standard InChI is InChI=1S/C43H76O5/c1-3-5-7-9-11-13-15-17-19-20-21-22-24-26-28-30-32-34-36-38-43(46)48-40-41(44)39-47-42(45)37-35-33-31-29-27-25-23-18-16-14-12-10-8-6-4-2/h12,14,17-19,23,27,29,41,44H,3-11,13,15-16,20-22,24-26,28,30-40H2,1-2H3/b14-12-,19-17-,23-18-,29-27-/t41-/m0/s1. The Kier molecular flexibility index (Phi) is 37.5. The first kappa shape index (κ1) is 45.9. The number of hydrogen-bond donors (Lipinski definition) is 1. The number of rotatable bonds is 36. The van der Waals surface area contributed by atoms with Gasteiger partial charge in [0.2, 0.25) is 0 Å². The van der Waals surface area contributed by atoms with E-state index in [-0.39, 0.29) is 25.2 Å². The summed E-state index contributed by atoms with van der Waals surface area (Å²) in [4.78, 5) is 23.9. The molecule has 0 saturated heterocycles. The Morgan fingerprint density at radius 3 is 1.19 bits per heavy atom. The summed E-state index contributed by atoms with van der Waals surface area (Å²) in [5.41, 5.74) is 0. The fourth-order valence-electron chi connectivity index (χ4n) is 5.44. The van der Waals surface area contributed by atoms with Gasteiger partial charge >= 0.3 is 11.9 Å². The van der Waals surface area contributed by atoms with Crippen molar-refractivity contribution in [2.45, 2.75) is 200 Å². The molecule has 0 bridgehead atoms. The molecule has 0 radical (unpaired) electrons. The summed E-state index contributed by atoms with van der Waals surface area (Å²) < 4.78 is 10.3. The lowest BCUT2D eigenvalue weighted by atomic mass is 10.1. The van der Waals surface area contributed by atoms with Crippen molar-refractivity contribution in [2.75, 3.05) is 13.2 Å². The maximum atomic E-state index is 12.0. The van der Waals surface area contributed by atoms with E-state index in [1.165, 1.54) is 116 Å². The van der Waals surface area contributed by atoms with Crippen molar-refractivity contribution in [3.63, 3.8) is 0 Å². The average molecular weight is 673 g/mol. The Hall–Kier alpha value is -2.14. The molecule has 0 aromatic carbocycles. The summed E-state index contributed by atoms with van der Waals surface area (Å²) in [5, 5.41) is 10.0. The number of allylic oxidation sites excluding steroid dienone is 8. The molecule has 1 N–H and O–H groups in total. The highest BCUT2D eigenvalue weighted by Gasteiger charge is 2.12. The zero-order chi connectivity index (χ0) is 35.0. The lowest BCUT2D eigenvalue weighted by Crippen LogP contribution is -2.25. The Labute approximate surface area is 297 Å². The smallest absolute Gasteiger partial charge is 0.305 e. The van der Waals surface area contributed by atoms with Gasteiger partial charge in [0.25, 0.3) is 0 Å². The van der Waals surface area contributed by atoms with Gasteiger partial charge in [-0.05, 0) is 77.0 Å². The fraction of sp³-hybridized carbons (Fsp3) is 0.767. The van der Waals surface area contributed by atoms with Gasteiger partial charge in [0.1, 0.15) is 19.3 Å². The third kappa shape index (κ3) is 38.3. The van der Waals surface area contributed by atoms with Gasteiger partial charge in [-0.2, -0.15) is 0 Å². The van der Waals surface area contributed by atoms with Crippen molar-refractivity contribution < 1.29 is 24.2 Å². The fourth-order valence-corrected chi connectivity index (χ4v) is 5.44. The number of aliphatic hydroxyl groups is 1. The molecule has 0 amide bonds. The zero-order valence-electron chi connectivity index (χ0n) is 31.5. The van der Waals surface area contributed by atoms with Crippen LogP contribution in [0.1, 0.15) is 194 Å². The molecule has 0 heterocycles. The Bertz CT molecular complexity index is 812. The van der Waals surface area contributed by atoms with Crippen LogP contribution in [-0.4, -0.2) is 36.4 Å². The van der Waals surface area contributed by atoms with Crippen LogP contribution >= 0.6 is 0 Å². The van der Waals surface area contributed by atoms with Gasteiger partial charge in [0, 0.05) is 12.8 Å². The molecule has 0 aliphatic heterocycles. The highest BCUT2D eigenvalue weighted by Crippen LogP contribution is 2.13. The number of aliphatic hydroxyl groups excluding tert-OH is 1. The van der Waals surface area contributed by atoms with Crippen molar-refractivity contribution in [3.8, 4) is 0 Å². The van der Waals surface area contributed by atoms with Crippen LogP contribution in [0.15, 0.2) is 48.6 Å². The molecule has 0 aliphatic rings. The van der Waals surface area contributed by atoms with E-state index >= 15 is 0 Å². The molecular formula is C43H76O5. The van der Waals surface area contributed by atoms with E-state index in [2.05, 4.69) is 62.5 Å².